The molecule has 1 saturated heterocycles. The molecule has 0 spiro atoms. The molecule has 1 aromatic carbocycles. The lowest BCUT2D eigenvalue weighted by atomic mass is 10.2. The van der Waals surface area contributed by atoms with Crippen molar-refractivity contribution in [2.24, 2.45) is 0 Å². The number of H-pyrrole nitrogens is 1. The van der Waals surface area contributed by atoms with E-state index in [9.17, 15) is 14.0 Å². The number of aromatic amines is 1. The summed E-state index contributed by atoms with van der Waals surface area (Å²) >= 11 is 1.21. The van der Waals surface area contributed by atoms with Crippen molar-refractivity contribution >= 4 is 33.1 Å². The maximum absolute atomic E-state index is 13.5. The number of nitrogens with zero attached hydrogens (tertiary/aromatic N) is 4. The molecule has 5 rings (SSSR count). The number of rotatable bonds is 3. The first-order valence-electron chi connectivity index (χ1n) is 9.83. The number of hydrogen-bond donors (Lipinski definition) is 1. The van der Waals surface area contributed by atoms with Gasteiger partial charge < -0.3 is 14.8 Å². The first-order valence-corrected chi connectivity index (χ1v) is 10.7. The Morgan fingerprint density at radius 3 is 2.68 bits per heavy atom. The summed E-state index contributed by atoms with van der Waals surface area (Å²) in [5, 5.41) is 1.69. The first-order chi connectivity index (χ1) is 15.1. The predicted molar refractivity (Wildman–Crippen MR) is 118 cm³/mol. The summed E-state index contributed by atoms with van der Waals surface area (Å²) in [7, 11) is 0. The predicted octanol–water partition coefficient (Wildman–Crippen LogP) is 3.15. The zero-order valence-corrected chi connectivity index (χ0v) is 17.2. The fourth-order valence-electron chi connectivity index (χ4n) is 3.71. The van der Waals surface area contributed by atoms with Gasteiger partial charge >= 0.3 is 0 Å². The SMILES string of the molecule is O=C(c1csc2c(=O)[nH]c(-c3ccccn3)nc12)N1CCN(c2cccc(F)c2)CC1. The molecule has 9 heteroatoms. The van der Waals surface area contributed by atoms with Gasteiger partial charge in [-0.2, -0.15) is 0 Å². The van der Waals surface area contributed by atoms with E-state index in [0.29, 0.717) is 53.5 Å². The van der Waals surface area contributed by atoms with Crippen LogP contribution in [-0.2, 0) is 0 Å². The minimum absolute atomic E-state index is 0.157. The highest BCUT2D eigenvalue weighted by Crippen LogP contribution is 2.25. The first kappa shape index (κ1) is 19.4. The second-order valence-corrected chi connectivity index (χ2v) is 8.10. The highest BCUT2D eigenvalue weighted by atomic mass is 32.1. The largest absolute Gasteiger partial charge is 0.368 e. The molecule has 3 aromatic heterocycles. The van der Waals surface area contributed by atoms with E-state index in [1.807, 2.05) is 12.1 Å². The molecule has 0 bridgehead atoms. The number of pyridine rings is 1. The summed E-state index contributed by atoms with van der Waals surface area (Å²) < 4.78 is 13.9. The third-order valence-corrected chi connectivity index (χ3v) is 6.27. The maximum Gasteiger partial charge on any atom is 0.269 e. The molecule has 7 nitrogen and oxygen atoms in total. The Bertz CT molecular complexity index is 1310. The standard InChI is InChI=1S/C22H18FN5O2S/c23-14-4-3-5-15(12-14)27-8-10-28(11-9-27)22(30)16-13-31-19-18(16)25-20(26-21(19)29)17-6-1-2-7-24-17/h1-7,12-13H,8-11H2,(H,25,26,29). The number of aromatic nitrogens is 3. The smallest absolute Gasteiger partial charge is 0.269 e. The van der Waals surface area contributed by atoms with E-state index >= 15 is 0 Å². The molecule has 0 saturated carbocycles. The summed E-state index contributed by atoms with van der Waals surface area (Å²) in [4.78, 5) is 41.1. The Morgan fingerprint density at radius 2 is 1.94 bits per heavy atom. The van der Waals surface area contributed by atoms with Crippen LogP contribution in [0.1, 0.15) is 10.4 Å². The summed E-state index contributed by atoms with van der Waals surface area (Å²) in [6, 6.07) is 11.8. The highest BCUT2D eigenvalue weighted by Gasteiger charge is 2.26. The van der Waals surface area contributed by atoms with E-state index in [0.717, 1.165) is 5.69 Å². The number of carbonyl (C=O) groups is 1. The Morgan fingerprint density at radius 1 is 1.10 bits per heavy atom. The fraction of sp³-hybridized carbons (Fsp3) is 0.182. The summed E-state index contributed by atoms with van der Waals surface area (Å²) in [5.74, 6) is -0.0996. The zero-order valence-electron chi connectivity index (χ0n) is 16.4. The molecule has 1 aliphatic heterocycles. The third kappa shape index (κ3) is 3.68. The van der Waals surface area contributed by atoms with E-state index in [2.05, 4.69) is 19.9 Å². The number of piperazine rings is 1. The van der Waals surface area contributed by atoms with Gasteiger partial charge in [-0.1, -0.05) is 12.1 Å². The van der Waals surface area contributed by atoms with E-state index < -0.39 is 0 Å². The minimum Gasteiger partial charge on any atom is -0.368 e. The molecule has 0 aliphatic carbocycles. The van der Waals surface area contributed by atoms with Crippen LogP contribution >= 0.6 is 11.3 Å². The monoisotopic (exact) mass is 435 g/mol. The van der Waals surface area contributed by atoms with Gasteiger partial charge in [0.05, 0.1) is 5.56 Å². The number of hydrogen-bond acceptors (Lipinski definition) is 6. The van der Waals surface area contributed by atoms with Gasteiger partial charge in [0.15, 0.2) is 5.82 Å². The molecule has 0 atom stereocenters. The lowest BCUT2D eigenvalue weighted by Crippen LogP contribution is -2.48. The number of nitrogens with one attached hydrogen (secondary N) is 1. The van der Waals surface area contributed by atoms with Crippen molar-refractivity contribution in [1.29, 1.82) is 0 Å². The van der Waals surface area contributed by atoms with Gasteiger partial charge in [0, 0.05) is 43.4 Å². The van der Waals surface area contributed by atoms with Crippen LogP contribution in [0.25, 0.3) is 21.7 Å². The molecule has 0 radical (unpaired) electrons. The normalized spacial score (nSPS) is 14.2. The number of halogens is 1. The van der Waals surface area contributed by atoms with Gasteiger partial charge in [0.2, 0.25) is 0 Å². The second-order valence-electron chi connectivity index (χ2n) is 7.22. The summed E-state index contributed by atoms with van der Waals surface area (Å²) in [6.07, 6.45) is 1.62. The van der Waals surface area contributed by atoms with Crippen molar-refractivity contribution in [3.63, 3.8) is 0 Å². The second kappa shape index (κ2) is 7.92. The van der Waals surface area contributed by atoms with Gasteiger partial charge in [-0.15, -0.1) is 11.3 Å². The Kier molecular flexibility index (Phi) is 4.95. The van der Waals surface area contributed by atoms with Crippen molar-refractivity contribution < 1.29 is 9.18 Å². The van der Waals surface area contributed by atoms with Crippen molar-refractivity contribution in [2.75, 3.05) is 31.1 Å². The number of carbonyl (C=O) groups excluding carboxylic acids is 1. The quantitative estimate of drug-likeness (QED) is 0.535. The molecule has 1 aliphatic rings. The maximum atomic E-state index is 13.5. The number of anilines is 1. The Balaban J connectivity index is 1.40. The zero-order chi connectivity index (χ0) is 21.4. The summed E-state index contributed by atoms with van der Waals surface area (Å²) in [6.45, 7) is 2.21. The van der Waals surface area contributed by atoms with Crippen LogP contribution in [0, 0.1) is 5.82 Å². The van der Waals surface area contributed by atoms with Gasteiger partial charge in [-0.25, -0.2) is 9.37 Å². The molecular weight excluding hydrogens is 417 g/mol. The third-order valence-electron chi connectivity index (χ3n) is 5.30. The van der Waals surface area contributed by atoms with Gasteiger partial charge in [-0.3, -0.25) is 14.6 Å². The molecule has 1 amide bonds. The van der Waals surface area contributed by atoms with E-state index in [-0.39, 0.29) is 17.3 Å². The van der Waals surface area contributed by atoms with Gasteiger partial charge in [0.1, 0.15) is 21.7 Å². The van der Waals surface area contributed by atoms with Crippen LogP contribution in [0.3, 0.4) is 0 Å². The lowest BCUT2D eigenvalue weighted by molar-refractivity contribution is 0.0749. The molecule has 1 fully saturated rings. The molecule has 0 unspecified atom stereocenters. The van der Waals surface area contributed by atoms with Crippen molar-refractivity contribution in [3.05, 3.63) is 75.8 Å². The van der Waals surface area contributed by atoms with Crippen molar-refractivity contribution in [3.8, 4) is 11.5 Å². The van der Waals surface area contributed by atoms with Gasteiger partial charge in [0.25, 0.3) is 11.5 Å². The topological polar surface area (TPSA) is 82.2 Å². The number of thiophene rings is 1. The Hall–Kier alpha value is -3.59. The molecular formula is C22H18FN5O2S. The minimum atomic E-state index is -0.286. The lowest BCUT2D eigenvalue weighted by Gasteiger charge is -2.36. The summed E-state index contributed by atoms with van der Waals surface area (Å²) in [5.41, 5.74) is 1.87. The number of benzene rings is 1. The van der Waals surface area contributed by atoms with Gasteiger partial charge in [-0.05, 0) is 30.3 Å². The van der Waals surface area contributed by atoms with Crippen LogP contribution in [-0.4, -0.2) is 51.9 Å². The molecule has 31 heavy (non-hydrogen) atoms. The van der Waals surface area contributed by atoms with Crippen molar-refractivity contribution in [1.82, 2.24) is 19.9 Å². The van der Waals surface area contributed by atoms with Crippen molar-refractivity contribution in [2.45, 2.75) is 0 Å². The fourth-order valence-corrected chi connectivity index (χ4v) is 4.59. The number of fused-ring (bicyclic) bond motifs is 1. The van der Waals surface area contributed by atoms with Crippen LogP contribution in [0.4, 0.5) is 10.1 Å². The number of amides is 1. The average molecular weight is 435 g/mol. The molecule has 1 N–H and O–H groups in total. The molecule has 4 heterocycles. The van der Waals surface area contributed by atoms with Crippen LogP contribution in [0.15, 0.2) is 58.8 Å². The van der Waals surface area contributed by atoms with E-state index in [1.165, 1.54) is 23.5 Å². The Labute approximate surface area is 180 Å². The highest BCUT2D eigenvalue weighted by molar-refractivity contribution is 7.17. The van der Waals surface area contributed by atoms with Crippen LogP contribution in [0.2, 0.25) is 0 Å². The molecule has 4 aromatic rings. The average Bonchev–Trinajstić information content (AvgIpc) is 3.24. The van der Waals surface area contributed by atoms with Crippen LogP contribution < -0.4 is 10.5 Å². The van der Waals surface area contributed by atoms with E-state index in [1.54, 1.807) is 34.7 Å². The van der Waals surface area contributed by atoms with Crippen LogP contribution in [0.5, 0.6) is 0 Å². The molecule has 156 valence electrons. The van der Waals surface area contributed by atoms with E-state index in [4.69, 9.17) is 0 Å².